The zero-order valence-corrected chi connectivity index (χ0v) is 15.9. The lowest BCUT2D eigenvalue weighted by Gasteiger charge is -2.14. The van der Waals surface area contributed by atoms with E-state index in [1.165, 1.54) is 24.3 Å². The number of rotatable bonds is 7. The Kier molecular flexibility index (Phi) is 6.55. The number of fused-ring (bicyclic) bond motifs is 1. The summed E-state index contributed by atoms with van der Waals surface area (Å²) in [4.78, 5) is 60.9. The first-order valence-corrected chi connectivity index (χ1v) is 9.33. The van der Waals surface area contributed by atoms with Gasteiger partial charge in [-0.25, -0.2) is 4.39 Å². The van der Waals surface area contributed by atoms with Crippen molar-refractivity contribution in [2.45, 2.75) is 12.8 Å². The third kappa shape index (κ3) is 5.07. The number of imide groups is 1. The molecule has 0 spiro atoms. The summed E-state index contributed by atoms with van der Waals surface area (Å²) < 4.78 is 17.6. The number of likely N-dealkylation sites (tertiary alicyclic amines) is 1. The highest BCUT2D eigenvalue weighted by Crippen LogP contribution is 2.34. The van der Waals surface area contributed by atoms with Crippen molar-refractivity contribution in [2.75, 3.05) is 25.0 Å². The zero-order valence-electron chi connectivity index (χ0n) is 15.9. The number of carbonyl (C=O) groups excluding carboxylic acids is 5. The number of halogens is 1. The molecular formula is C20H20FN3O6. The van der Waals surface area contributed by atoms with Gasteiger partial charge >= 0.3 is 5.97 Å². The Morgan fingerprint density at radius 2 is 1.60 bits per heavy atom. The van der Waals surface area contributed by atoms with Crippen LogP contribution in [0.1, 0.15) is 12.8 Å². The highest BCUT2D eigenvalue weighted by molar-refractivity contribution is 6.07. The van der Waals surface area contributed by atoms with Crippen LogP contribution in [-0.4, -0.2) is 54.2 Å². The number of carbonyl (C=O) groups is 5. The van der Waals surface area contributed by atoms with Crippen LogP contribution in [-0.2, 0) is 28.7 Å². The molecular weight excluding hydrogens is 397 g/mol. The van der Waals surface area contributed by atoms with Crippen LogP contribution in [0.5, 0.6) is 0 Å². The van der Waals surface area contributed by atoms with Crippen LogP contribution in [0.4, 0.5) is 10.1 Å². The lowest BCUT2D eigenvalue weighted by atomic mass is 9.85. The summed E-state index contributed by atoms with van der Waals surface area (Å²) in [6.45, 7) is -1.59. The molecule has 1 fully saturated rings. The van der Waals surface area contributed by atoms with Crippen LogP contribution in [0, 0.1) is 17.7 Å². The normalized spacial score (nSPS) is 20.0. The fourth-order valence-electron chi connectivity index (χ4n) is 3.31. The Hall–Kier alpha value is -3.56. The van der Waals surface area contributed by atoms with E-state index >= 15 is 0 Å². The molecule has 9 nitrogen and oxygen atoms in total. The fourth-order valence-corrected chi connectivity index (χ4v) is 3.31. The Balaban J connectivity index is 1.38. The predicted molar refractivity (Wildman–Crippen MR) is 101 cm³/mol. The molecule has 30 heavy (non-hydrogen) atoms. The first-order valence-electron chi connectivity index (χ1n) is 9.33. The molecule has 1 aromatic rings. The van der Waals surface area contributed by atoms with E-state index in [1.807, 2.05) is 12.2 Å². The van der Waals surface area contributed by atoms with Gasteiger partial charge in [-0.2, -0.15) is 0 Å². The Labute approximate surface area is 171 Å². The molecule has 0 unspecified atom stereocenters. The fraction of sp³-hybridized carbons (Fsp3) is 0.350. The second-order valence-corrected chi connectivity index (χ2v) is 6.91. The maximum Gasteiger partial charge on any atom is 0.326 e. The molecule has 1 aliphatic carbocycles. The molecule has 0 bridgehead atoms. The SMILES string of the molecule is O=C(COC(=O)CN1C(=O)[C@H]2CC=CC[C@H]2C1=O)NCC(=O)Nc1ccc(F)cc1. The predicted octanol–water partition coefficient (Wildman–Crippen LogP) is 0.375. The van der Waals surface area contributed by atoms with E-state index in [9.17, 15) is 28.4 Å². The Morgan fingerprint density at radius 1 is 1.00 bits per heavy atom. The van der Waals surface area contributed by atoms with Gasteiger partial charge in [-0.1, -0.05) is 12.2 Å². The maximum absolute atomic E-state index is 12.8. The number of esters is 1. The summed E-state index contributed by atoms with van der Waals surface area (Å²) in [5, 5.41) is 4.72. The van der Waals surface area contributed by atoms with Gasteiger partial charge in [0, 0.05) is 5.69 Å². The summed E-state index contributed by atoms with van der Waals surface area (Å²) >= 11 is 0. The van der Waals surface area contributed by atoms with Crippen LogP contribution in [0.3, 0.4) is 0 Å². The third-order valence-corrected chi connectivity index (χ3v) is 4.82. The largest absolute Gasteiger partial charge is 0.454 e. The molecule has 2 atom stereocenters. The number of hydrogen-bond donors (Lipinski definition) is 2. The lowest BCUT2D eigenvalue weighted by Crippen LogP contribution is -2.39. The number of allylic oxidation sites excluding steroid dienone is 2. The van der Waals surface area contributed by atoms with Gasteiger partial charge in [-0.15, -0.1) is 0 Å². The monoisotopic (exact) mass is 417 g/mol. The molecule has 1 aromatic carbocycles. The van der Waals surface area contributed by atoms with Gasteiger partial charge in [0.2, 0.25) is 17.7 Å². The second kappa shape index (κ2) is 9.29. The smallest absolute Gasteiger partial charge is 0.326 e. The number of anilines is 1. The number of ether oxygens (including phenoxy) is 1. The summed E-state index contributed by atoms with van der Waals surface area (Å²) in [7, 11) is 0. The van der Waals surface area contributed by atoms with E-state index in [2.05, 4.69) is 10.6 Å². The summed E-state index contributed by atoms with van der Waals surface area (Å²) in [6.07, 6.45) is 4.60. The molecule has 0 aromatic heterocycles. The van der Waals surface area contributed by atoms with Gasteiger partial charge in [0.1, 0.15) is 12.4 Å². The Bertz CT molecular complexity index is 872. The molecule has 1 heterocycles. The molecule has 2 aliphatic rings. The lowest BCUT2D eigenvalue weighted by molar-refractivity contribution is -0.155. The van der Waals surface area contributed by atoms with Crippen molar-refractivity contribution in [3.63, 3.8) is 0 Å². The minimum absolute atomic E-state index is 0.359. The summed E-state index contributed by atoms with van der Waals surface area (Å²) in [6, 6.07) is 5.08. The number of hydrogen-bond acceptors (Lipinski definition) is 6. The van der Waals surface area contributed by atoms with Gasteiger partial charge < -0.3 is 15.4 Å². The van der Waals surface area contributed by atoms with Crippen molar-refractivity contribution >= 4 is 35.3 Å². The molecule has 1 saturated heterocycles. The number of amides is 4. The maximum atomic E-state index is 12.8. The molecule has 4 amide bonds. The van der Waals surface area contributed by atoms with Crippen LogP contribution < -0.4 is 10.6 Å². The molecule has 0 saturated carbocycles. The van der Waals surface area contributed by atoms with Crippen LogP contribution >= 0.6 is 0 Å². The van der Waals surface area contributed by atoms with E-state index in [0.717, 1.165) is 4.90 Å². The first-order chi connectivity index (χ1) is 14.3. The molecule has 2 N–H and O–H groups in total. The third-order valence-electron chi connectivity index (χ3n) is 4.82. The summed E-state index contributed by atoms with van der Waals surface area (Å²) in [5.74, 6) is -4.33. The second-order valence-electron chi connectivity index (χ2n) is 6.91. The minimum atomic E-state index is -0.894. The number of nitrogens with zero attached hydrogens (tertiary/aromatic N) is 1. The van der Waals surface area contributed by atoms with Crippen molar-refractivity contribution in [2.24, 2.45) is 11.8 Å². The average Bonchev–Trinajstić information content (AvgIpc) is 2.97. The summed E-state index contributed by atoms with van der Waals surface area (Å²) in [5.41, 5.74) is 0.359. The molecule has 3 rings (SSSR count). The van der Waals surface area contributed by atoms with Crippen molar-refractivity contribution in [1.29, 1.82) is 0 Å². The van der Waals surface area contributed by atoms with Crippen LogP contribution in [0.15, 0.2) is 36.4 Å². The van der Waals surface area contributed by atoms with Gasteiger partial charge in [0.15, 0.2) is 6.61 Å². The van der Waals surface area contributed by atoms with Crippen molar-refractivity contribution in [1.82, 2.24) is 10.2 Å². The van der Waals surface area contributed by atoms with E-state index < -0.39 is 60.4 Å². The molecule has 158 valence electrons. The van der Waals surface area contributed by atoms with Crippen molar-refractivity contribution < 1.29 is 33.1 Å². The van der Waals surface area contributed by atoms with E-state index in [-0.39, 0.29) is 6.54 Å². The van der Waals surface area contributed by atoms with Gasteiger partial charge in [-0.3, -0.25) is 28.9 Å². The average molecular weight is 417 g/mol. The highest BCUT2D eigenvalue weighted by atomic mass is 19.1. The molecule has 0 radical (unpaired) electrons. The molecule has 10 heteroatoms. The van der Waals surface area contributed by atoms with E-state index in [4.69, 9.17) is 4.74 Å². The first kappa shape index (κ1) is 21.2. The van der Waals surface area contributed by atoms with E-state index in [0.29, 0.717) is 18.5 Å². The minimum Gasteiger partial charge on any atom is -0.454 e. The standard InChI is InChI=1S/C20H20FN3O6/c21-12-5-7-13(8-6-12)23-16(25)9-22-17(26)11-30-18(27)10-24-19(28)14-3-1-2-4-15(14)20(24)29/h1-2,5-8,14-15H,3-4,9-11H2,(H,22,26)(H,23,25)/t14-,15+. The zero-order chi connectivity index (χ0) is 21.7. The van der Waals surface area contributed by atoms with Crippen molar-refractivity contribution in [3.05, 3.63) is 42.2 Å². The van der Waals surface area contributed by atoms with Crippen molar-refractivity contribution in [3.8, 4) is 0 Å². The Morgan fingerprint density at radius 3 is 2.20 bits per heavy atom. The van der Waals surface area contributed by atoms with Gasteiger partial charge in [0.05, 0.1) is 18.4 Å². The van der Waals surface area contributed by atoms with Gasteiger partial charge in [-0.05, 0) is 37.1 Å². The highest BCUT2D eigenvalue weighted by Gasteiger charge is 2.47. The quantitative estimate of drug-likeness (QED) is 0.376. The van der Waals surface area contributed by atoms with Crippen LogP contribution in [0.25, 0.3) is 0 Å². The number of benzene rings is 1. The van der Waals surface area contributed by atoms with Gasteiger partial charge in [0.25, 0.3) is 5.91 Å². The van der Waals surface area contributed by atoms with Crippen LogP contribution in [0.2, 0.25) is 0 Å². The topological polar surface area (TPSA) is 122 Å². The number of nitrogens with one attached hydrogen (secondary N) is 2. The molecule has 1 aliphatic heterocycles. The van der Waals surface area contributed by atoms with E-state index in [1.54, 1.807) is 0 Å².